The van der Waals surface area contributed by atoms with Crippen molar-refractivity contribution in [3.05, 3.63) is 28.3 Å². The molecule has 20 heavy (non-hydrogen) atoms. The lowest BCUT2D eigenvalue weighted by molar-refractivity contribution is -0.124. The van der Waals surface area contributed by atoms with Crippen LogP contribution < -0.4 is 10.5 Å². The highest BCUT2D eigenvalue weighted by atomic mass is 35.5. The summed E-state index contributed by atoms with van der Waals surface area (Å²) in [5.74, 6) is 0.972. The first-order chi connectivity index (χ1) is 9.58. The van der Waals surface area contributed by atoms with Gasteiger partial charge in [0, 0.05) is 23.4 Å². The maximum Gasteiger partial charge on any atom is 0.157 e. The van der Waals surface area contributed by atoms with Gasteiger partial charge < -0.3 is 10.5 Å². The smallest absolute Gasteiger partial charge is 0.157 e. The maximum atomic E-state index is 12.6. The van der Waals surface area contributed by atoms with E-state index in [1.165, 1.54) is 6.42 Å². The molecule has 1 aromatic rings. The topological polar surface area (TPSA) is 52.3 Å². The lowest BCUT2D eigenvalue weighted by Crippen LogP contribution is -2.50. The Labute approximate surface area is 124 Å². The summed E-state index contributed by atoms with van der Waals surface area (Å²) in [7, 11) is 0. The van der Waals surface area contributed by atoms with Gasteiger partial charge in [0.1, 0.15) is 5.75 Å². The quantitative estimate of drug-likeness (QED) is 0.932. The number of hydrogen-bond acceptors (Lipinski definition) is 3. The molecule has 0 aromatic heterocycles. The zero-order valence-corrected chi connectivity index (χ0v) is 12.3. The van der Waals surface area contributed by atoms with E-state index in [1.807, 2.05) is 12.1 Å². The first kappa shape index (κ1) is 13.9. The number of Topliss-reactive ketones (excluding diaryl/α,β-unsaturated/α-hetero) is 1. The van der Waals surface area contributed by atoms with Crippen LogP contribution >= 0.6 is 11.6 Å². The van der Waals surface area contributed by atoms with E-state index < -0.39 is 5.54 Å². The molecule has 0 spiro atoms. The maximum absolute atomic E-state index is 12.6. The van der Waals surface area contributed by atoms with Crippen LogP contribution in [-0.4, -0.2) is 17.9 Å². The van der Waals surface area contributed by atoms with Crippen LogP contribution in [0, 0.1) is 0 Å². The molecule has 1 aliphatic heterocycles. The molecule has 1 aromatic carbocycles. The van der Waals surface area contributed by atoms with Crippen LogP contribution in [-0.2, 0) is 17.6 Å². The summed E-state index contributed by atoms with van der Waals surface area (Å²) in [5, 5.41) is 0.673. The number of ketones is 1. The van der Waals surface area contributed by atoms with Crippen LogP contribution in [0.1, 0.15) is 43.2 Å². The standard InChI is InChI=1S/C16H20ClNO2/c17-13-8-11-4-7-20-15(11)12(9-13)10-14(19)16(18)5-2-1-3-6-16/h8-9H,1-7,10,18H2. The average Bonchev–Trinajstić information content (AvgIpc) is 2.87. The highest BCUT2D eigenvalue weighted by Gasteiger charge is 2.35. The van der Waals surface area contributed by atoms with Crippen molar-refractivity contribution in [3.8, 4) is 5.75 Å². The van der Waals surface area contributed by atoms with Crippen molar-refractivity contribution in [2.45, 2.75) is 50.5 Å². The Hall–Kier alpha value is -1.06. The minimum absolute atomic E-state index is 0.122. The van der Waals surface area contributed by atoms with Crippen molar-refractivity contribution < 1.29 is 9.53 Å². The van der Waals surface area contributed by atoms with Gasteiger partial charge >= 0.3 is 0 Å². The van der Waals surface area contributed by atoms with Gasteiger partial charge in [-0.15, -0.1) is 0 Å². The molecule has 0 unspecified atom stereocenters. The molecule has 0 saturated heterocycles. The fourth-order valence-electron chi connectivity index (χ4n) is 3.29. The van der Waals surface area contributed by atoms with E-state index in [-0.39, 0.29) is 5.78 Å². The number of halogens is 1. The number of fused-ring (bicyclic) bond motifs is 1. The molecule has 3 nitrogen and oxygen atoms in total. The minimum atomic E-state index is -0.647. The molecular formula is C16H20ClNO2. The Morgan fingerprint density at radius 2 is 2.05 bits per heavy atom. The molecule has 1 aliphatic carbocycles. The Kier molecular flexibility index (Phi) is 3.74. The molecule has 0 radical (unpaired) electrons. The summed E-state index contributed by atoms with van der Waals surface area (Å²) >= 11 is 6.13. The summed E-state index contributed by atoms with van der Waals surface area (Å²) in [5.41, 5.74) is 7.66. The minimum Gasteiger partial charge on any atom is -0.493 e. The van der Waals surface area contributed by atoms with E-state index in [1.54, 1.807) is 0 Å². The first-order valence-corrected chi connectivity index (χ1v) is 7.73. The van der Waals surface area contributed by atoms with Gasteiger partial charge in [-0.05, 0) is 30.5 Å². The number of nitrogens with two attached hydrogens (primary N) is 1. The second-order valence-corrected chi connectivity index (χ2v) is 6.40. The predicted octanol–water partition coefficient (Wildman–Crippen LogP) is 3.05. The molecule has 108 valence electrons. The van der Waals surface area contributed by atoms with E-state index in [0.29, 0.717) is 18.1 Å². The predicted molar refractivity (Wildman–Crippen MR) is 79.4 cm³/mol. The molecule has 0 amide bonds. The largest absolute Gasteiger partial charge is 0.493 e. The number of ether oxygens (including phenoxy) is 1. The fraction of sp³-hybridized carbons (Fsp3) is 0.562. The second kappa shape index (κ2) is 5.38. The Balaban J connectivity index is 1.83. The Bertz CT molecular complexity index is 536. The lowest BCUT2D eigenvalue weighted by Gasteiger charge is -2.32. The van der Waals surface area contributed by atoms with Crippen molar-refractivity contribution >= 4 is 17.4 Å². The summed E-state index contributed by atoms with van der Waals surface area (Å²) in [6, 6.07) is 3.77. The van der Waals surface area contributed by atoms with Gasteiger partial charge in [0.15, 0.2) is 5.78 Å². The van der Waals surface area contributed by atoms with Gasteiger partial charge in [-0.1, -0.05) is 30.9 Å². The summed E-state index contributed by atoms with van der Waals surface area (Å²) in [4.78, 5) is 12.6. The number of rotatable bonds is 3. The number of carbonyl (C=O) groups is 1. The lowest BCUT2D eigenvalue weighted by atomic mass is 9.77. The molecule has 1 heterocycles. The van der Waals surface area contributed by atoms with Crippen LogP contribution in [0.25, 0.3) is 0 Å². The van der Waals surface area contributed by atoms with Crippen LogP contribution in [0.15, 0.2) is 12.1 Å². The third-order valence-electron chi connectivity index (χ3n) is 4.48. The van der Waals surface area contributed by atoms with E-state index in [9.17, 15) is 4.79 Å². The van der Waals surface area contributed by atoms with Crippen molar-refractivity contribution in [1.29, 1.82) is 0 Å². The molecule has 2 N–H and O–H groups in total. The van der Waals surface area contributed by atoms with E-state index >= 15 is 0 Å². The highest BCUT2D eigenvalue weighted by molar-refractivity contribution is 6.30. The Morgan fingerprint density at radius 1 is 1.30 bits per heavy atom. The summed E-state index contributed by atoms with van der Waals surface area (Å²) in [6.45, 7) is 0.671. The van der Waals surface area contributed by atoms with Crippen molar-refractivity contribution in [2.24, 2.45) is 5.73 Å². The normalized spacial score (nSPS) is 20.3. The third kappa shape index (κ3) is 2.57. The number of hydrogen-bond donors (Lipinski definition) is 1. The van der Waals surface area contributed by atoms with Crippen molar-refractivity contribution in [3.63, 3.8) is 0 Å². The summed E-state index contributed by atoms with van der Waals surface area (Å²) < 4.78 is 5.65. The van der Waals surface area contributed by atoms with Gasteiger partial charge in [-0.3, -0.25) is 4.79 Å². The monoisotopic (exact) mass is 293 g/mol. The van der Waals surface area contributed by atoms with Crippen molar-refractivity contribution in [1.82, 2.24) is 0 Å². The van der Waals surface area contributed by atoms with E-state index in [2.05, 4.69) is 0 Å². The molecule has 4 heteroatoms. The molecule has 0 bridgehead atoms. The number of carbonyl (C=O) groups excluding carboxylic acids is 1. The van der Waals surface area contributed by atoms with Gasteiger partial charge in [0.2, 0.25) is 0 Å². The van der Waals surface area contributed by atoms with Crippen LogP contribution in [0.3, 0.4) is 0 Å². The number of benzene rings is 1. The van der Waals surface area contributed by atoms with Gasteiger partial charge in [0.05, 0.1) is 12.1 Å². The average molecular weight is 294 g/mol. The molecule has 1 fully saturated rings. The van der Waals surface area contributed by atoms with Crippen molar-refractivity contribution in [2.75, 3.05) is 6.61 Å². The van der Waals surface area contributed by atoms with Crippen LogP contribution in [0.2, 0.25) is 5.02 Å². The second-order valence-electron chi connectivity index (χ2n) is 5.97. The molecule has 0 atom stereocenters. The van der Waals surface area contributed by atoms with E-state index in [0.717, 1.165) is 49.0 Å². The molecule has 2 aliphatic rings. The van der Waals surface area contributed by atoms with Crippen LogP contribution in [0.4, 0.5) is 0 Å². The fourth-order valence-corrected chi connectivity index (χ4v) is 3.55. The van der Waals surface area contributed by atoms with Gasteiger partial charge in [-0.2, -0.15) is 0 Å². The first-order valence-electron chi connectivity index (χ1n) is 7.35. The SMILES string of the molecule is NC1(C(=O)Cc2cc(Cl)cc3c2OCC3)CCCCC1. The zero-order chi connectivity index (χ0) is 14.2. The van der Waals surface area contributed by atoms with Gasteiger partial charge in [0.25, 0.3) is 0 Å². The summed E-state index contributed by atoms with van der Waals surface area (Å²) in [6.07, 6.45) is 6.08. The van der Waals surface area contributed by atoms with Crippen LogP contribution in [0.5, 0.6) is 5.75 Å². The van der Waals surface area contributed by atoms with Gasteiger partial charge in [-0.25, -0.2) is 0 Å². The third-order valence-corrected chi connectivity index (χ3v) is 4.70. The molecule has 1 saturated carbocycles. The Morgan fingerprint density at radius 3 is 2.80 bits per heavy atom. The highest BCUT2D eigenvalue weighted by Crippen LogP contribution is 2.35. The molecule has 3 rings (SSSR count). The molecular weight excluding hydrogens is 274 g/mol. The zero-order valence-electron chi connectivity index (χ0n) is 11.6. The van der Waals surface area contributed by atoms with E-state index in [4.69, 9.17) is 22.1 Å².